The molecule has 0 aliphatic heterocycles. The average molecular weight is 300 g/mol. The molecular weight excluding hydrogens is 276 g/mol. The first kappa shape index (κ1) is 17.0. The molecule has 1 aromatic heterocycles. The zero-order chi connectivity index (χ0) is 15.3. The third-order valence-corrected chi connectivity index (χ3v) is 4.57. The van der Waals surface area contributed by atoms with Crippen molar-refractivity contribution in [2.45, 2.75) is 31.3 Å². The molecule has 1 unspecified atom stereocenters. The van der Waals surface area contributed by atoms with Crippen LogP contribution in [0.1, 0.15) is 19.5 Å². The van der Waals surface area contributed by atoms with E-state index in [1.807, 2.05) is 32.8 Å². The lowest BCUT2D eigenvalue weighted by Gasteiger charge is -2.25. The summed E-state index contributed by atoms with van der Waals surface area (Å²) in [5.41, 5.74) is 5.94. The van der Waals surface area contributed by atoms with Crippen molar-refractivity contribution in [3.05, 3.63) is 24.0 Å². The molecule has 1 rings (SSSR count). The number of aromatic nitrogens is 1. The van der Waals surface area contributed by atoms with Gasteiger partial charge < -0.3 is 10.6 Å². The number of rotatable bonds is 7. The van der Waals surface area contributed by atoms with Gasteiger partial charge >= 0.3 is 0 Å². The van der Waals surface area contributed by atoms with Crippen LogP contribution in [0.5, 0.6) is 0 Å². The molecule has 0 radical (unpaired) electrons. The minimum atomic E-state index is -3.61. The van der Waals surface area contributed by atoms with Crippen molar-refractivity contribution in [3.8, 4) is 0 Å². The predicted molar refractivity (Wildman–Crippen MR) is 79.6 cm³/mol. The van der Waals surface area contributed by atoms with E-state index < -0.39 is 10.0 Å². The van der Waals surface area contributed by atoms with Gasteiger partial charge in [-0.1, -0.05) is 13.8 Å². The van der Waals surface area contributed by atoms with Gasteiger partial charge in [0.05, 0.1) is 5.69 Å². The van der Waals surface area contributed by atoms with Crippen LogP contribution in [0.4, 0.5) is 0 Å². The quantitative estimate of drug-likeness (QED) is 0.761. The molecule has 7 heteroatoms. The lowest BCUT2D eigenvalue weighted by Crippen LogP contribution is -2.45. The fraction of sp³-hybridized carbons (Fsp3) is 0.615. The van der Waals surface area contributed by atoms with Gasteiger partial charge in [0.2, 0.25) is 10.0 Å². The molecule has 1 atom stereocenters. The van der Waals surface area contributed by atoms with E-state index in [0.717, 1.165) is 0 Å². The second-order valence-corrected chi connectivity index (χ2v) is 7.07. The van der Waals surface area contributed by atoms with Crippen molar-refractivity contribution in [1.29, 1.82) is 0 Å². The molecule has 0 amide bonds. The van der Waals surface area contributed by atoms with Crippen LogP contribution in [0.3, 0.4) is 0 Å². The van der Waals surface area contributed by atoms with E-state index in [1.165, 1.54) is 6.07 Å². The maximum Gasteiger partial charge on any atom is 0.242 e. The summed E-state index contributed by atoms with van der Waals surface area (Å²) in [4.78, 5) is 6.14. The second-order valence-electron chi connectivity index (χ2n) is 5.39. The molecule has 0 aliphatic carbocycles. The summed E-state index contributed by atoms with van der Waals surface area (Å²) < 4.78 is 27.7. The lowest BCUT2D eigenvalue weighted by atomic mass is 10.1. The zero-order valence-electron chi connectivity index (χ0n) is 12.5. The highest BCUT2D eigenvalue weighted by atomic mass is 32.2. The molecule has 0 fully saturated rings. The van der Waals surface area contributed by atoms with Crippen molar-refractivity contribution in [1.82, 2.24) is 14.6 Å². The number of hydrogen-bond acceptors (Lipinski definition) is 5. The molecule has 20 heavy (non-hydrogen) atoms. The van der Waals surface area contributed by atoms with E-state index in [-0.39, 0.29) is 23.4 Å². The maximum atomic E-state index is 12.5. The van der Waals surface area contributed by atoms with Crippen LogP contribution in [0.15, 0.2) is 23.2 Å². The molecule has 0 aromatic carbocycles. The first-order chi connectivity index (χ1) is 9.27. The fourth-order valence-electron chi connectivity index (χ4n) is 1.86. The van der Waals surface area contributed by atoms with Crippen LogP contribution in [-0.2, 0) is 16.6 Å². The Kier molecular flexibility index (Phi) is 6.07. The zero-order valence-corrected chi connectivity index (χ0v) is 13.3. The van der Waals surface area contributed by atoms with E-state index in [0.29, 0.717) is 12.2 Å². The van der Waals surface area contributed by atoms with Crippen LogP contribution in [-0.4, -0.2) is 45.0 Å². The molecule has 0 aliphatic rings. The number of nitrogens with zero attached hydrogens (tertiary/aromatic N) is 2. The summed E-state index contributed by atoms with van der Waals surface area (Å²) in [6.07, 6.45) is 1.54. The molecule has 1 aromatic rings. The molecule has 3 N–H and O–H groups in total. The van der Waals surface area contributed by atoms with Gasteiger partial charge in [-0.25, -0.2) is 13.1 Å². The van der Waals surface area contributed by atoms with Crippen molar-refractivity contribution in [2.24, 2.45) is 11.7 Å². The second kappa shape index (κ2) is 7.12. The maximum absolute atomic E-state index is 12.5. The highest BCUT2D eigenvalue weighted by Crippen LogP contribution is 2.15. The average Bonchev–Trinajstić information content (AvgIpc) is 2.37. The minimum Gasteiger partial charge on any atom is -0.325 e. The van der Waals surface area contributed by atoms with Gasteiger partial charge in [0.15, 0.2) is 0 Å². The van der Waals surface area contributed by atoms with Crippen molar-refractivity contribution < 1.29 is 8.42 Å². The third-order valence-electron chi connectivity index (χ3n) is 3.00. The van der Waals surface area contributed by atoms with E-state index >= 15 is 0 Å². The van der Waals surface area contributed by atoms with Gasteiger partial charge in [0.25, 0.3) is 0 Å². The third kappa shape index (κ3) is 4.52. The molecule has 0 bridgehead atoms. The predicted octanol–water partition coefficient (Wildman–Crippen LogP) is 0.405. The largest absolute Gasteiger partial charge is 0.325 e. The highest BCUT2D eigenvalue weighted by Gasteiger charge is 2.25. The van der Waals surface area contributed by atoms with E-state index in [2.05, 4.69) is 9.71 Å². The Bertz CT molecular complexity index is 529. The van der Waals surface area contributed by atoms with E-state index in [9.17, 15) is 8.42 Å². The number of pyridine rings is 1. The summed E-state index contributed by atoms with van der Waals surface area (Å²) in [5, 5.41) is 0. The van der Waals surface area contributed by atoms with Crippen LogP contribution in [0, 0.1) is 5.92 Å². The molecule has 1 heterocycles. The Morgan fingerprint density at radius 3 is 2.55 bits per heavy atom. The molecule has 114 valence electrons. The summed E-state index contributed by atoms with van der Waals surface area (Å²) in [6, 6.07) is 2.97. The normalized spacial score (nSPS) is 13.9. The van der Waals surface area contributed by atoms with Crippen molar-refractivity contribution in [3.63, 3.8) is 0 Å². The Morgan fingerprint density at radius 1 is 1.40 bits per heavy atom. The summed E-state index contributed by atoms with van der Waals surface area (Å²) >= 11 is 0. The van der Waals surface area contributed by atoms with E-state index in [4.69, 9.17) is 5.73 Å². The molecule has 6 nitrogen and oxygen atoms in total. The molecule has 0 saturated heterocycles. The first-order valence-electron chi connectivity index (χ1n) is 6.59. The summed E-state index contributed by atoms with van der Waals surface area (Å²) in [7, 11) is 0.219. The Balaban J connectivity index is 3.03. The monoisotopic (exact) mass is 300 g/mol. The first-order valence-corrected chi connectivity index (χ1v) is 8.07. The number of nitrogens with one attached hydrogen (secondary N) is 1. The van der Waals surface area contributed by atoms with E-state index in [1.54, 1.807) is 12.3 Å². The minimum absolute atomic E-state index is 0.0944. The fourth-order valence-corrected chi connectivity index (χ4v) is 3.44. The highest BCUT2D eigenvalue weighted by molar-refractivity contribution is 7.89. The van der Waals surface area contributed by atoms with Crippen molar-refractivity contribution in [2.75, 3.05) is 20.6 Å². The van der Waals surface area contributed by atoms with Gasteiger partial charge in [-0.15, -0.1) is 0 Å². The van der Waals surface area contributed by atoms with Crippen LogP contribution >= 0.6 is 0 Å². The van der Waals surface area contributed by atoms with Crippen LogP contribution < -0.4 is 10.5 Å². The van der Waals surface area contributed by atoms with Gasteiger partial charge in [-0.2, -0.15) is 0 Å². The number of sulfonamides is 1. The van der Waals surface area contributed by atoms with Gasteiger partial charge in [-0.05, 0) is 32.1 Å². The molecular formula is C13H24N4O2S. The Hall–Kier alpha value is -1.02. The lowest BCUT2D eigenvalue weighted by molar-refractivity contribution is 0.314. The van der Waals surface area contributed by atoms with Gasteiger partial charge in [-0.3, -0.25) is 4.98 Å². The Labute approximate surface area is 121 Å². The van der Waals surface area contributed by atoms with Crippen LogP contribution in [0.25, 0.3) is 0 Å². The topological polar surface area (TPSA) is 88.3 Å². The SMILES string of the molecule is CC(C)C(CN(C)C)NS(=O)(=O)c1cccnc1CN. The number of likely N-dealkylation sites (N-methyl/N-ethyl adjacent to an activating group) is 1. The summed E-state index contributed by atoms with van der Waals surface area (Å²) in [5.74, 6) is 0.185. The number of hydrogen-bond donors (Lipinski definition) is 2. The van der Waals surface area contributed by atoms with Gasteiger partial charge in [0, 0.05) is 25.3 Å². The smallest absolute Gasteiger partial charge is 0.242 e. The molecule has 0 spiro atoms. The number of nitrogens with two attached hydrogens (primary N) is 1. The summed E-state index contributed by atoms with van der Waals surface area (Å²) in [6.45, 7) is 4.71. The van der Waals surface area contributed by atoms with Crippen LogP contribution in [0.2, 0.25) is 0 Å². The van der Waals surface area contributed by atoms with Gasteiger partial charge in [0.1, 0.15) is 4.90 Å². The van der Waals surface area contributed by atoms with Crippen molar-refractivity contribution >= 4 is 10.0 Å². The molecule has 0 saturated carbocycles. The standard InChI is InChI=1S/C13H24N4O2S/c1-10(2)12(9-17(3)4)16-20(18,19)13-6-5-7-15-11(13)8-14/h5-7,10,12,16H,8-9,14H2,1-4H3. The Morgan fingerprint density at radius 2 is 2.05 bits per heavy atom.